The van der Waals surface area contributed by atoms with Crippen molar-refractivity contribution in [3.05, 3.63) is 29.3 Å². The van der Waals surface area contributed by atoms with Crippen LogP contribution in [0.2, 0.25) is 0 Å². The van der Waals surface area contributed by atoms with Crippen LogP contribution in [0.4, 0.5) is 10.5 Å². The number of fused-ring (bicyclic) bond motifs is 1. The number of benzene rings is 1. The summed E-state index contributed by atoms with van der Waals surface area (Å²) < 4.78 is 0. The monoisotopic (exact) mass is 302 g/mol. The Bertz CT molecular complexity index is 592. The van der Waals surface area contributed by atoms with E-state index in [0.29, 0.717) is 12.8 Å². The van der Waals surface area contributed by atoms with Crippen molar-refractivity contribution in [3.8, 4) is 0 Å². The summed E-state index contributed by atoms with van der Waals surface area (Å²) in [6.07, 6.45) is 3.69. The van der Waals surface area contributed by atoms with Crippen molar-refractivity contribution in [3.63, 3.8) is 0 Å². The number of hydrogen-bond donors (Lipinski definition) is 2. The van der Waals surface area contributed by atoms with Gasteiger partial charge in [0.15, 0.2) is 0 Å². The number of carboxylic acids is 1. The average molecular weight is 302 g/mol. The third-order valence-electron chi connectivity index (χ3n) is 4.78. The van der Waals surface area contributed by atoms with Gasteiger partial charge in [0.25, 0.3) is 0 Å². The van der Waals surface area contributed by atoms with Gasteiger partial charge in [0.1, 0.15) is 0 Å². The predicted octanol–water partition coefficient (Wildman–Crippen LogP) is 2.71. The van der Waals surface area contributed by atoms with Gasteiger partial charge in [-0.2, -0.15) is 0 Å². The SMILES string of the molecule is Cc1ccc2c(c1)CCN2C(=O)NC1CCC(C(=O)O)CC1. The summed E-state index contributed by atoms with van der Waals surface area (Å²) in [5.74, 6) is -0.961. The Labute approximate surface area is 130 Å². The molecule has 3 rings (SSSR count). The molecule has 5 heteroatoms. The van der Waals surface area contributed by atoms with Gasteiger partial charge in [-0.3, -0.25) is 9.69 Å². The van der Waals surface area contributed by atoms with Crippen LogP contribution in [0.1, 0.15) is 36.8 Å². The first-order valence-electron chi connectivity index (χ1n) is 7.95. The van der Waals surface area contributed by atoms with E-state index in [1.54, 1.807) is 4.90 Å². The molecule has 0 saturated heterocycles. The number of carbonyl (C=O) groups is 2. The summed E-state index contributed by atoms with van der Waals surface area (Å²) in [7, 11) is 0. The minimum atomic E-state index is -0.714. The lowest BCUT2D eigenvalue weighted by molar-refractivity contribution is -0.142. The normalized spacial score (nSPS) is 24.0. The van der Waals surface area contributed by atoms with E-state index in [1.165, 1.54) is 11.1 Å². The number of nitrogens with zero attached hydrogens (tertiary/aromatic N) is 1. The number of rotatable bonds is 2. The molecule has 0 spiro atoms. The molecular formula is C17H22N2O3. The summed E-state index contributed by atoms with van der Waals surface area (Å²) in [5, 5.41) is 12.1. The van der Waals surface area contributed by atoms with Crippen LogP contribution in [0.5, 0.6) is 0 Å². The Hall–Kier alpha value is -2.04. The lowest BCUT2D eigenvalue weighted by Gasteiger charge is -2.29. The third-order valence-corrected chi connectivity index (χ3v) is 4.78. The minimum Gasteiger partial charge on any atom is -0.481 e. The fourth-order valence-corrected chi connectivity index (χ4v) is 3.48. The maximum absolute atomic E-state index is 12.5. The van der Waals surface area contributed by atoms with Gasteiger partial charge in [0, 0.05) is 18.3 Å². The van der Waals surface area contributed by atoms with Crippen LogP contribution < -0.4 is 10.2 Å². The van der Waals surface area contributed by atoms with E-state index in [4.69, 9.17) is 5.11 Å². The number of carbonyl (C=O) groups excluding carboxylic acids is 1. The molecule has 0 atom stereocenters. The zero-order valence-electron chi connectivity index (χ0n) is 12.8. The van der Waals surface area contributed by atoms with Gasteiger partial charge >= 0.3 is 12.0 Å². The van der Waals surface area contributed by atoms with Crippen LogP contribution in [0.3, 0.4) is 0 Å². The Morgan fingerprint density at radius 1 is 1.23 bits per heavy atom. The number of urea groups is 1. The second kappa shape index (κ2) is 5.99. The van der Waals surface area contributed by atoms with E-state index >= 15 is 0 Å². The molecule has 1 aromatic rings. The summed E-state index contributed by atoms with van der Waals surface area (Å²) in [4.78, 5) is 25.2. The first kappa shape index (κ1) is 14.9. The number of anilines is 1. The first-order chi connectivity index (χ1) is 10.5. The average Bonchev–Trinajstić information content (AvgIpc) is 2.90. The van der Waals surface area contributed by atoms with E-state index in [-0.39, 0.29) is 18.0 Å². The summed E-state index contributed by atoms with van der Waals surface area (Å²) in [6, 6.07) is 6.22. The number of aliphatic carboxylic acids is 1. The van der Waals surface area contributed by atoms with Crippen molar-refractivity contribution in [2.24, 2.45) is 5.92 Å². The molecule has 1 aliphatic carbocycles. The van der Waals surface area contributed by atoms with Gasteiger partial charge in [-0.25, -0.2) is 4.79 Å². The fourth-order valence-electron chi connectivity index (χ4n) is 3.48. The van der Waals surface area contributed by atoms with Gasteiger partial charge in [-0.1, -0.05) is 17.7 Å². The number of amides is 2. The van der Waals surface area contributed by atoms with Gasteiger partial charge in [-0.05, 0) is 50.7 Å². The molecule has 2 aliphatic rings. The second-order valence-corrected chi connectivity index (χ2v) is 6.37. The molecule has 2 N–H and O–H groups in total. The molecular weight excluding hydrogens is 280 g/mol. The van der Waals surface area contributed by atoms with Crippen LogP contribution in [-0.2, 0) is 11.2 Å². The van der Waals surface area contributed by atoms with Gasteiger partial charge in [-0.15, -0.1) is 0 Å². The molecule has 5 nitrogen and oxygen atoms in total. The van der Waals surface area contributed by atoms with Gasteiger partial charge < -0.3 is 10.4 Å². The molecule has 0 aromatic heterocycles. The molecule has 1 saturated carbocycles. The zero-order chi connectivity index (χ0) is 15.7. The van der Waals surface area contributed by atoms with E-state index in [0.717, 1.165) is 31.5 Å². The Balaban J connectivity index is 1.59. The molecule has 0 bridgehead atoms. The van der Waals surface area contributed by atoms with Crippen LogP contribution in [0, 0.1) is 12.8 Å². The Morgan fingerprint density at radius 2 is 1.95 bits per heavy atom. The fraction of sp³-hybridized carbons (Fsp3) is 0.529. The van der Waals surface area contributed by atoms with E-state index in [1.807, 2.05) is 12.1 Å². The zero-order valence-corrected chi connectivity index (χ0v) is 12.8. The molecule has 1 fully saturated rings. The van der Waals surface area contributed by atoms with Crippen LogP contribution in [0.15, 0.2) is 18.2 Å². The number of hydrogen-bond acceptors (Lipinski definition) is 2. The quantitative estimate of drug-likeness (QED) is 0.882. The highest BCUT2D eigenvalue weighted by Crippen LogP contribution is 2.29. The topological polar surface area (TPSA) is 69.6 Å². The van der Waals surface area contributed by atoms with Crippen LogP contribution in [0.25, 0.3) is 0 Å². The van der Waals surface area contributed by atoms with E-state index in [2.05, 4.69) is 18.3 Å². The van der Waals surface area contributed by atoms with Crippen molar-refractivity contribution in [1.29, 1.82) is 0 Å². The maximum Gasteiger partial charge on any atom is 0.322 e. The first-order valence-corrected chi connectivity index (χ1v) is 7.95. The van der Waals surface area contributed by atoms with Gasteiger partial charge in [0.2, 0.25) is 0 Å². The largest absolute Gasteiger partial charge is 0.481 e. The van der Waals surface area contributed by atoms with E-state index < -0.39 is 5.97 Å². The molecule has 118 valence electrons. The van der Waals surface area contributed by atoms with Crippen molar-refractivity contribution < 1.29 is 14.7 Å². The predicted molar refractivity (Wildman–Crippen MR) is 84.1 cm³/mol. The summed E-state index contributed by atoms with van der Waals surface area (Å²) in [6.45, 7) is 2.78. The molecule has 0 unspecified atom stereocenters. The number of nitrogens with one attached hydrogen (secondary N) is 1. The minimum absolute atomic E-state index is 0.0543. The van der Waals surface area contributed by atoms with Gasteiger partial charge in [0.05, 0.1) is 5.92 Å². The molecule has 22 heavy (non-hydrogen) atoms. The molecule has 2 amide bonds. The van der Waals surface area contributed by atoms with E-state index in [9.17, 15) is 9.59 Å². The lowest BCUT2D eigenvalue weighted by atomic mass is 9.86. The smallest absolute Gasteiger partial charge is 0.322 e. The van der Waals surface area contributed by atoms with Crippen molar-refractivity contribution in [1.82, 2.24) is 5.32 Å². The highest BCUT2D eigenvalue weighted by atomic mass is 16.4. The van der Waals surface area contributed by atoms with Crippen molar-refractivity contribution in [2.45, 2.75) is 45.1 Å². The molecule has 1 aliphatic heterocycles. The third kappa shape index (κ3) is 2.93. The standard InChI is InChI=1S/C17H22N2O3/c1-11-2-7-15-13(10-11)8-9-19(15)17(22)18-14-5-3-12(4-6-14)16(20)21/h2,7,10,12,14H,3-6,8-9H2,1H3,(H,18,22)(H,20,21). The summed E-state index contributed by atoms with van der Waals surface area (Å²) >= 11 is 0. The highest BCUT2D eigenvalue weighted by molar-refractivity contribution is 5.94. The van der Waals surface area contributed by atoms with Crippen LogP contribution in [-0.4, -0.2) is 29.7 Å². The molecule has 0 radical (unpaired) electrons. The molecule has 1 heterocycles. The van der Waals surface area contributed by atoms with Crippen molar-refractivity contribution >= 4 is 17.7 Å². The second-order valence-electron chi connectivity index (χ2n) is 6.37. The number of carboxylic acid groups (broad SMARTS) is 1. The maximum atomic E-state index is 12.5. The molecule has 1 aromatic carbocycles. The Kier molecular flexibility index (Phi) is 4.05. The highest BCUT2D eigenvalue weighted by Gasteiger charge is 2.30. The number of aryl methyl sites for hydroxylation is 1. The van der Waals surface area contributed by atoms with Crippen molar-refractivity contribution in [2.75, 3.05) is 11.4 Å². The lowest BCUT2D eigenvalue weighted by Crippen LogP contribution is -2.46. The van der Waals surface area contributed by atoms with Crippen LogP contribution >= 0.6 is 0 Å². The Morgan fingerprint density at radius 3 is 2.64 bits per heavy atom. The summed E-state index contributed by atoms with van der Waals surface area (Å²) in [5.41, 5.74) is 3.44.